The Kier molecular flexibility index (Phi) is 4.37. The number of likely N-dealkylation sites (N-methyl/N-ethyl adjacent to an activating group) is 1. The molecule has 104 valence electrons. The first-order chi connectivity index (χ1) is 9.08. The molecule has 0 saturated carbocycles. The number of nitrogens with two attached hydrogens (primary N) is 1. The largest absolute Gasteiger partial charge is 0.399 e. The Morgan fingerprint density at radius 3 is 2.79 bits per heavy atom. The highest BCUT2D eigenvalue weighted by Gasteiger charge is 2.18. The highest BCUT2D eigenvalue weighted by atomic mass is 19.1. The molecule has 0 bridgehead atoms. The van der Waals surface area contributed by atoms with E-state index in [1.807, 2.05) is 0 Å². The lowest BCUT2D eigenvalue weighted by Gasteiger charge is -2.21. The van der Waals surface area contributed by atoms with Gasteiger partial charge in [0.2, 0.25) is 0 Å². The number of benzene rings is 1. The molecule has 1 aliphatic rings. The van der Waals surface area contributed by atoms with Gasteiger partial charge >= 0.3 is 0 Å². The van der Waals surface area contributed by atoms with Crippen LogP contribution in [0.5, 0.6) is 0 Å². The number of hydrogen-bond acceptors (Lipinski definition) is 3. The van der Waals surface area contributed by atoms with E-state index in [0.29, 0.717) is 12.2 Å². The summed E-state index contributed by atoms with van der Waals surface area (Å²) in [7, 11) is 1.70. The number of anilines is 1. The van der Waals surface area contributed by atoms with Crippen LogP contribution in [0.25, 0.3) is 0 Å². The van der Waals surface area contributed by atoms with Crippen LogP contribution >= 0.6 is 0 Å². The summed E-state index contributed by atoms with van der Waals surface area (Å²) < 4.78 is 13.6. The molecular formula is C14H20FN3O. The van der Waals surface area contributed by atoms with Crippen LogP contribution < -0.4 is 5.73 Å². The van der Waals surface area contributed by atoms with Crippen LogP contribution in [0.4, 0.5) is 10.1 Å². The highest BCUT2D eigenvalue weighted by molar-refractivity contribution is 5.95. The van der Waals surface area contributed by atoms with Gasteiger partial charge in [-0.2, -0.15) is 0 Å². The molecule has 0 unspecified atom stereocenters. The Bertz CT molecular complexity index is 458. The molecular weight excluding hydrogens is 245 g/mol. The molecule has 1 aliphatic heterocycles. The lowest BCUT2D eigenvalue weighted by atomic mass is 10.1. The molecule has 0 aromatic heterocycles. The van der Waals surface area contributed by atoms with Gasteiger partial charge in [-0.05, 0) is 44.1 Å². The van der Waals surface area contributed by atoms with Gasteiger partial charge in [-0.3, -0.25) is 4.79 Å². The zero-order chi connectivity index (χ0) is 13.8. The van der Waals surface area contributed by atoms with Crippen LogP contribution in [0.3, 0.4) is 0 Å². The number of halogens is 1. The van der Waals surface area contributed by atoms with Crippen molar-refractivity contribution in [1.29, 1.82) is 0 Å². The third kappa shape index (κ3) is 3.44. The van der Waals surface area contributed by atoms with Crippen LogP contribution in [-0.2, 0) is 0 Å². The number of nitrogen functional groups attached to an aromatic ring is 1. The fourth-order valence-corrected chi connectivity index (χ4v) is 2.31. The summed E-state index contributed by atoms with van der Waals surface area (Å²) in [4.78, 5) is 16.0. The second kappa shape index (κ2) is 6.02. The number of likely N-dealkylation sites (tertiary alicyclic amines) is 1. The van der Waals surface area contributed by atoms with Gasteiger partial charge in [0.25, 0.3) is 5.91 Å². The number of rotatable bonds is 4. The van der Waals surface area contributed by atoms with E-state index >= 15 is 0 Å². The molecule has 1 saturated heterocycles. The summed E-state index contributed by atoms with van der Waals surface area (Å²) >= 11 is 0. The number of nitrogens with zero attached hydrogens (tertiary/aromatic N) is 2. The summed E-state index contributed by atoms with van der Waals surface area (Å²) in [6, 6.07) is 4.08. The Morgan fingerprint density at radius 1 is 1.42 bits per heavy atom. The maximum Gasteiger partial charge on any atom is 0.256 e. The maximum atomic E-state index is 13.6. The van der Waals surface area contributed by atoms with Crippen LogP contribution in [0, 0.1) is 5.82 Å². The van der Waals surface area contributed by atoms with Gasteiger partial charge in [-0.15, -0.1) is 0 Å². The molecule has 19 heavy (non-hydrogen) atoms. The number of hydrogen-bond donors (Lipinski definition) is 1. The average molecular weight is 265 g/mol. The molecule has 1 heterocycles. The Morgan fingerprint density at radius 2 is 2.11 bits per heavy atom. The van der Waals surface area contributed by atoms with Crippen molar-refractivity contribution in [2.24, 2.45) is 0 Å². The SMILES string of the molecule is CN(CCN1CCCC1)C(=O)c1cc(N)ccc1F. The fourth-order valence-electron chi connectivity index (χ4n) is 2.31. The quantitative estimate of drug-likeness (QED) is 0.841. The van der Waals surface area contributed by atoms with E-state index in [1.165, 1.54) is 31.0 Å². The second-order valence-electron chi connectivity index (χ2n) is 5.01. The molecule has 1 fully saturated rings. The summed E-state index contributed by atoms with van der Waals surface area (Å²) in [5.41, 5.74) is 6.04. The summed E-state index contributed by atoms with van der Waals surface area (Å²) in [5, 5.41) is 0. The standard InChI is InChI=1S/C14H20FN3O/c1-17(8-9-18-6-2-3-7-18)14(19)12-10-11(16)4-5-13(12)15/h4-5,10H,2-3,6-9,16H2,1H3. The van der Waals surface area contributed by atoms with Crippen molar-refractivity contribution < 1.29 is 9.18 Å². The van der Waals surface area contributed by atoms with Gasteiger partial charge in [-0.1, -0.05) is 0 Å². The van der Waals surface area contributed by atoms with Gasteiger partial charge in [-0.25, -0.2) is 4.39 Å². The molecule has 1 aromatic rings. The lowest BCUT2D eigenvalue weighted by Crippen LogP contribution is -2.35. The minimum atomic E-state index is -0.521. The fraction of sp³-hybridized carbons (Fsp3) is 0.500. The Labute approximate surface area is 113 Å². The molecule has 5 heteroatoms. The van der Waals surface area contributed by atoms with Crippen LogP contribution in [-0.4, -0.2) is 48.9 Å². The lowest BCUT2D eigenvalue weighted by molar-refractivity contribution is 0.0778. The van der Waals surface area contributed by atoms with Gasteiger partial charge in [0.05, 0.1) is 5.56 Å². The van der Waals surface area contributed by atoms with Crippen molar-refractivity contribution in [1.82, 2.24) is 9.80 Å². The molecule has 1 amide bonds. The van der Waals surface area contributed by atoms with Crippen molar-refractivity contribution in [2.45, 2.75) is 12.8 Å². The van der Waals surface area contributed by atoms with Crippen molar-refractivity contribution >= 4 is 11.6 Å². The van der Waals surface area contributed by atoms with E-state index < -0.39 is 5.82 Å². The van der Waals surface area contributed by atoms with E-state index in [0.717, 1.165) is 19.6 Å². The van der Waals surface area contributed by atoms with E-state index in [-0.39, 0.29) is 11.5 Å². The Hall–Kier alpha value is -1.62. The molecule has 0 radical (unpaired) electrons. The predicted octanol–water partition coefficient (Wildman–Crippen LogP) is 1.58. The van der Waals surface area contributed by atoms with Gasteiger partial charge in [0.1, 0.15) is 5.82 Å². The molecule has 0 spiro atoms. The van der Waals surface area contributed by atoms with Gasteiger partial charge in [0.15, 0.2) is 0 Å². The normalized spacial score (nSPS) is 15.7. The molecule has 2 rings (SSSR count). The minimum absolute atomic E-state index is 0.0453. The monoisotopic (exact) mass is 265 g/mol. The van der Waals surface area contributed by atoms with E-state index in [1.54, 1.807) is 11.9 Å². The number of amides is 1. The summed E-state index contributed by atoms with van der Waals surface area (Å²) in [6.45, 7) is 3.63. The maximum absolute atomic E-state index is 13.6. The first kappa shape index (κ1) is 13.8. The van der Waals surface area contributed by atoms with Crippen molar-refractivity contribution in [3.05, 3.63) is 29.6 Å². The number of carbonyl (C=O) groups is 1. The predicted molar refractivity (Wildman–Crippen MR) is 73.4 cm³/mol. The number of carbonyl (C=O) groups excluding carboxylic acids is 1. The Balaban J connectivity index is 1.95. The highest BCUT2D eigenvalue weighted by Crippen LogP contribution is 2.14. The molecule has 1 aromatic carbocycles. The second-order valence-corrected chi connectivity index (χ2v) is 5.01. The molecule has 2 N–H and O–H groups in total. The summed E-state index contributed by atoms with van der Waals surface area (Å²) in [6.07, 6.45) is 2.45. The molecule has 0 aliphatic carbocycles. The van der Waals surface area contributed by atoms with Crippen LogP contribution in [0.2, 0.25) is 0 Å². The average Bonchev–Trinajstić information content (AvgIpc) is 2.91. The smallest absolute Gasteiger partial charge is 0.256 e. The molecule has 4 nitrogen and oxygen atoms in total. The van der Waals surface area contributed by atoms with Gasteiger partial charge < -0.3 is 15.5 Å². The van der Waals surface area contributed by atoms with Crippen LogP contribution in [0.1, 0.15) is 23.2 Å². The summed E-state index contributed by atoms with van der Waals surface area (Å²) in [5.74, 6) is -0.837. The van der Waals surface area contributed by atoms with Crippen molar-refractivity contribution in [3.63, 3.8) is 0 Å². The zero-order valence-electron chi connectivity index (χ0n) is 11.2. The topological polar surface area (TPSA) is 49.6 Å². The first-order valence-electron chi connectivity index (χ1n) is 6.61. The zero-order valence-corrected chi connectivity index (χ0v) is 11.2. The first-order valence-corrected chi connectivity index (χ1v) is 6.61. The van der Waals surface area contributed by atoms with Crippen LogP contribution in [0.15, 0.2) is 18.2 Å². The van der Waals surface area contributed by atoms with E-state index in [9.17, 15) is 9.18 Å². The van der Waals surface area contributed by atoms with E-state index in [2.05, 4.69) is 4.90 Å². The minimum Gasteiger partial charge on any atom is -0.399 e. The third-order valence-corrected chi connectivity index (χ3v) is 3.52. The third-order valence-electron chi connectivity index (χ3n) is 3.52. The van der Waals surface area contributed by atoms with Crippen molar-refractivity contribution in [3.8, 4) is 0 Å². The molecule has 0 atom stereocenters. The van der Waals surface area contributed by atoms with Gasteiger partial charge in [0, 0.05) is 25.8 Å². The van der Waals surface area contributed by atoms with Crippen molar-refractivity contribution in [2.75, 3.05) is 39.0 Å². The van der Waals surface area contributed by atoms with E-state index in [4.69, 9.17) is 5.73 Å².